The van der Waals surface area contributed by atoms with Crippen molar-refractivity contribution in [3.05, 3.63) is 0 Å². The molecule has 1 unspecified atom stereocenters. The summed E-state index contributed by atoms with van der Waals surface area (Å²) in [4.78, 5) is 23.1. The Kier molecular flexibility index (Phi) is 2.29. The number of hydrogen-bond acceptors (Lipinski definition) is 3. The molecule has 0 spiro atoms. The van der Waals surface area contributed by atoms with Crippen LogP contribution < -0.4 is 5.32 Å². The van der Waals surface area contributed by atoms with Crippen molar-refractivity contribution in [1.29, 1.82) is 5.26 Å². The van der Waals surface area contributed by atoms with E-state index in [2.05, 4.69) is 5.32 Å². The van der Waals surface area contributed by atoms with E-state index < -0.39 is 12.1 Å². The lowest BCUT2D eigenvalue weighted by atomic mass is 10.2. The molecule has 1 fully saturated rings. The summed E-state index contributed by atoms with van der Waals surface area (Å²) in [5.74, 6) is -0.302. The highest BCUT2D eigenvalue weighted by Gasteiger charge is 2.36. The van der Waals surface area contributed by atoms with Crippen LogP contribution >= 0.6 is 0 Å². The van der Waals surface area contributed by atoms with E-state index in [9.17, 15) is 9.59 Å². The van der Waals surface area contributed by atoms with Crippen LogP contribution in [0.5, 0.6) is 0 Å². The van der Waals surface area contributed by atoms with Gasteiger partial charge in [0.05, 0.1) is 6.07 Å². The first-order valence-corrected chi connectivity index (χ1v) is 3.69. The van der Waals surface area contributed by atoms with E-state index in [1.165, 1.54) is 0 Å². The predicted octanol–water partition coefficient (Wildman–Crippen LogP) is -0.160. The molecule has 1 saturated heterocycles. The Bertz CT molecular complexity index is 256. The smallest absolute Gasteiger partial charge is 0.325 e. The molecule has 0 aromatic rings. The lowest BCUT2D eigenvalue weighted by molar-refractivity contribution is -0.127. The van der Waals surface area contributed by atoms with Gasteiger partial charge in [0.1, 0.15) is 12.6 Å². The SMILES string of the molecule is CCC1NC(=O)N(CC#N)C1=O. The predicted molar refractivity (Wildman–Crippen MR) is 39.9 cm³/mol. The first-order chi connectivity index (χ1) is 5.70. The highest BCUT2D eigenvalue weighted by molar-refractivity contribution is 6.04. The van der Waals surface area contributed by atoms with Gasteiger partial charge in [0, 0.05) is 0 Å². The fourth-order valence-electron chi connectivity index (χ4n) is 1.07. The molecule has 0 radical (unpaired) electrons. The second-order valence-electron chi connectivity index (χ2n) is 2.49. The number of imide groups is 1. The van der Waals surface area contributed by atoms with Crippen molar-refractivity contribution >= 4 is 11.9 Å². The zero-order valence-corrected chi connectivity index (χ0v) is 6.70. The van der Waals surface area contributed by atoms with Gasteiger partial charge >= 0.3 is 6.03 Å². The van der Waals surface area contributed by atoms with Crippen molar-refractivity contribution < 1.29 is 9.59 Å². The minimum Gasteiger partial charge on any atom is -0.326 e. The molecule has 1 heterocycles. The van der Waals surface area contributed by atoms with Crippen molar-refractivity contribution in [3.8, 4) is 6.07 Å². The maximum atomic E-state index is 11.2. The Morgan fingerprint density at radius 2 is 2.33 bits per heavy atom. The van der Waals surface area contributed by atoms with Gasteiger partial charge < -0.3 is 5.32 Å². The van der Waals surface area contributed by atoms with Crippen LogP contribution in [-0.4, -0.2) is 29.4 Å². The van der Waals surface area contributed by atoms with Crippen molar-refractivity contribution in [2.45, 2.75) is 19.4 Å². The standard InChI is InChI=1S/C7H9N3O2/c1-2-5-6(11)10(4-3-8)7(12)9-5/h5H,2,4H2,1H3,(H,9,12). The van der Waals surface area contributed by atoms with Gasteiger partial charge in [-0.05, 0) is 6.42 Å². The molecular formula is C7H9N3O2. The molecule has 3 amide bonds. The number of amides is 3. The highest BCUT2D eigenvalue weighted by atomic mass is 16.2. The van der Waals surface area contributed by atoms with E-state index in [0.717, 1.165) is 4.90 Å². The topological polar surface area (TPSA) is 73.2 Å². The monoisotopic (exact) mass is 167 g/mol. The van der Waals surface area contributed by atoms with E-state index in [0.29, 0.717) is 6.42 Å². The number of carbonyl (C=O) groups is 2. The van der Waals surface area contributed by atoms with Gasteiger partial charge in [-0.1, -0.05) is 6.92 Å². The molecule has 0 aromatic carbocycles. The number of rotatable bonds is 2. The largest absolute Gasteiger partial charge is 0.326 e. The van der Waals surface area contributed by atoms with E-state index in [1.807, 2.05) is 0 Å². The number of nitriles is 1. The first kappa shape index (κ1) is 8.53. The van der Waals surface area contributed by atoms with Gasteiger partial charge in [0.2, 0.25) is 0 Å². The second kappa shape index (κ2) is 3.22. The van der Waals surface area contributed by atoms with Crippen molar-refractivity contribution in [2.24, 2.45) is 0 Å². The average molecular weight is 167 g/mol. The van der Waals surface area contributed by atoms with Gasteiger partial charge in [0.25, 0.3) is 5.91 Å². The molecule has 1 N–H and O–H groups in total. The Balaban J connectivity index is 2.72. The summed E-state index contributed by atoms with van der Waals surface area (Å²) in [5.41, 5.74) is 0. The van der Waals surface area contributed by atoms with Crippen LogP contribution in [0.2, 0.25) is 0 Å². The molecule has 0 saturated carbocycles. The summed E-state index contributed by atoms with van der Waals surface area (Å²) >= 11 is 0. The van der Waals surface area contributed by atoms with Crippen molar-refractivity contribution in [2.75, 3.05) is 6.54 Å². The molecule has 0 bridgehead atoms. The number of hydrogen-bond donors (Lipinski definition) is 1. The van der Waals surface area contributed by atoms with Crippen LogP contribution in [0.25, 0.3) is 0 Å². The normalized spacial score (nSPS) is 22.3. The van der Waals surface area contributed by atoms with Crippen LogP contribution in [0.15, 0.2) is 0 Å². The summed E-state index contributed by atoms with van der Waals surface area (Å²) in [6, 6.07) is 0.856. The van der Waals surface area contributed by atoms with E-state index in [-0.39, 0.29) is 12.5 Å². The van der Waals surface area contributed by atoms with E-state index >= 15 is 0 Å². The molecule has 0 aromatic heterocycles. The second-order valence-corrected chi connectivity index (χ2v) is 2.49. The van der Waals surface area contributed by atoms with Crippen molar-refractivity contribution in [1.82, 2.24) is 10.2 Å². The Hall–Kier alpha value is -1.57. The van der Waals surface area contributed by atoms with E-state index in [1.54, 1.807) is 13.0 Å². The lowest BCUT2D eigenvalue weighted by Gasteiger charge is -2.05. The fourth-order valence-corrected chi connectivity index (χ4v) is 1.07. The third-order valence-corrected chi connectivity index (χ3v) is 1.74. The molecule has 64 valence electrons. The zero-order valence-electron chi connectivity index (χ0n) is 6.70. The maximum absolute atomic E-state index is 11.2. The molecule has 5 nitrogen and oxygen atoms in total. The number of nitrogens with one attached hydrogen (secondary N) is 1. The highest BCUT2D eigenvalue weighted by Crippen LogP contribution is 2.07. The molecule has 0 aliphatic carbocycles. The molecular weight excluding hydrogens is 158 g/mol. The minimum absolute atomic E-state index is 0.166. The van der Waals surface area contributed by atoms with Gasteiger partial charge in [-0.25, -0.2) is 9.69 Å². The summed E-state index contributed by atoms with van der Waals surface area (Å²) in [6.45, 7) is 1.64. The Labute approximate surface area is 69.9 Å². The molecule has 5 heteroatoms. The van der Waals surface area contributed by atoms with Gasteiger partial charge in [-0.2, -0.15) is 5.26 Å². The summed E-state index contributed by atoms with van der Waals surface area (Å²) in [7, 11) is 0. The van der Waals surface area contributed by atoms with Gasteiger partial charge in [-0.3, -0.25) is 4.79 Å². The van der Waals surface area contributed by atoms with Crippen LogP contribution in [0, 0.1) is 11.3 Å². The first-order valence-electron chi connectivity index (χ1n) is 3.69. The number of nitrogens with zero attached hydrogens (tertiary/aromatic N) is 2. The molecule has 1 rings (SSSR count). The third-order valence-electron chi connectivity index (χ3n) is 1.74. The molecule has 1 aliphatic heterocycles. The summed E-state index contributed by atoms with van der Waals surface area (Å²) in [5, 5.41) is 10.8. The minimum atomic E-state index is -0.464. The lowest BCUT2D eigenvalue weighted by Crippen LogP contribution is -2.31. The van der Waals surface area contributed by atoms with Crippen LogP contribution in [0.3, 0.4) is 0 Å². The quantitative estimate of drug-likeness (QED) is 0.458. The third kappa shape index (κ3) is 1.23. The van der Waals surface area contributed by atoms with Crippen LogP contribution in [0.1, 0.15) is 13.3 Å². The molecule has 1 atom stereocenters. The summed E-state index contributed by atoms with van der Waals surface area (Å²) < 4.78 is 0. The van der Waals surface area contributed by atoms with Crippen LogP contribution in [0.4, 0.5) is 4.79 Å². The molecule has 1 aliphatic rings. The van der Waals surface area contributed by atoms with Gasteiger partial charge in [-0.15, -0.1) is 0 Å². The Morgan fingerprint density at radius 1 is 1.67 bits per heavy atom. The van der Waals surface area contributed by atoms with E-state index in [4.69, 9.17) is 5.26 Å². The van der Waals surface area contributed by atoms with Gasteiger partial charge in [0.15, 0.2) is 0 Å². The summed E-state index contributed by atoms with van der Waals surface area (Å²) in [6.07, 6.45) is 0.562. The maximum Gasteiger partial charge on any atom is 0.325 e. The fraction of sp³-hybridized carbons (Fsp3) is 0.571. The average Bonchev–Trinajstić information content (AvgIpc) is 2.32. The number of carbonyl (C=O) groups excluding carboxylic acids is 2. The van der Waals surface area contributed by atoms with Crippen LogP contribution in [-0.2, 0) is 4.79 Å². The van der Waals surface area contributed by atoms with Crippen molar-refractivity contribution in [3.63, 3.8) is 0 Å². The molecule has 12 heavy (non-hydrogen) atoms. The Morgan fingerprint density at radius 3 is 2.75 bits per heavy atom. The zero-order chi connectivity index (χ0) is 9.14. The number of urea groups is 1.